The van der Waals surface area contributed by atoms with Gasteiger partial charge in [-0.25, -0.2) is 9.59 Å². The second-order valence-corrected chi connectivity index (χ2v) is 23.3. The monoisotopic (exact) mass is 756 g/mol. The third kappa shape index (κ3) is 8.05. The summed E-state index contributed by atoms with van der Waals surface area (Å²) < 4.78 is 37.4. The molecule has 5 atom stereocenters. The van der Waals surface area contributed by atoms with Gasteiger partial charge in [-0.1, -0.05) is 33.8 Å². The van der Waals surface area contributed by atoms with Crippen molar-refractivity contribution in [3.63, 3.8) is 0 Å². The third-order valence-electron chi connectivity index (χ3n) is 11.4. The number of esters is 2. The molecule has 1 unspecified atom stereocenters. The van der Waals surface area contributed by atoms with Gasteiger partial charge in [0.1, 0.15) is 28.3 Å². The van der Waals surface area contributed by atoms with E-state index in [1.165, 1.54) is 0 Å². The average Bonchev–Trinajstić information content (AvgIpc) is 3.35. The Morgan fingerprint density at radius 2 is 1.47 bits per heavy atom. The predicted molar refractivity (Wildman–Crippen MR) is 201 cm³/mol. The fourth-order valence-electron chi connectivity index (χ4n) is 8.09. The minimum atomic E-state index is -2.32. The predicted octanol–water partition coefficient (Wildman–Crippen LogP) is 7.61. The Kier molecular flexibility index (Phi) is 10.8. The second-order valence-electron chi connectivity index (χ2n) is 18.6. The molecule has 2 amide bonds. The third-order valence-corrected chi connectivity index (χ3v) is 15.7. The first-order chi connectivity index (χ1) is 24.4. The normalized spacial score (nSPS) is 25.9. The lowest BCUT2D eigenvalue weighted by Crippen LogP contribution is -2.70. The maximum absolute atomic E-state index is 13.9. The zero-order chi connectivity index (χ0) is 39.4. The molecule has 1 aromatic carbocycles. The molecule has 3 aliphatic carbocycles. The number of benzene rings is 1. The van der Waals surface area contributed by atoms with Crippen molar-refractivity contribution in [3.8, 4) is 11.5 Å². The molecule has 2 N–H and O–H groups in total. The summed E-state index contributed by atoms with van der Waals surface area (Å²) in [5.41, 5.74) is -1.10. The SMILES string of the molecule is CC1CC[C@]23c4c5ccc(O[Si](C)(C)C(C)(C)C)c4O[C@H]2C(OC(=O)CCNC(=O)OC(C)(C)C)=CC[C@@]3(OC(=O)CCNC(=O)OC(C)(C)C)[C@H]1C5. The number of carbonyl (C=O) groups is 4. The van der Waals surface area contributed by atoms with Crippen LogP contribution in [0.15, 0.2) is 24.0 Å². The van der Waals surface area contributed by atoms with Gasteiger partial charge in [-0.2, -0.15) is 0 Å². The smallest absolute Gasteiger partial charge is 0.407 e. The van der Waals surface area contributed by atoms with Gasteiger partial charge in [0.15, 0.2) is 11.9 Å². The van der Waals surface area contributed by atoms with Crippen molar-refractivity contribution in [2.75, 3.05) is 13.1 Å². The minimum Gasteiger partial charge on any atom is -0.541 e. The number of ether oxygens (including phenoxy) is 5. The van der Waals surface area contributed by atoms with Gasteiger partial charge in [0.25, 0.3) is 8.32 Å². The van der Waals surface area contributed by atoms with Crippen molar-refractivity contribution in [1.82, 2.24) is 10.6 Å². The molecule has 1 heterocycles. The fraction of sp³-hybridized carbons (Fsp3) is 0.700. The van der Waals surface area contributed by atoms with Crippen LogP contribution < -0.4 is 19.8 Å². The molecule has 294 valence electrons. The average molecular weight is 757 g/mol. The summed E-state index contributed by atoms with van der Waals surface area (Å²) in [5, 5.41) is 5.21. The van der Waals surface area contributed by atoms with Gasteiger partial charge in [-0.3, -0.25) is 9.59 Å². The van der Waals surface area contributed by atoms with Gasteiger partial charge in [-0.15, -0.1) is 0 Å². The van der Waals surface area contributed by atoms with Crippen molar-refractivity contribution >= 4 is 32.4 Å². The number of rotatable bonds is 10. The maximum Gasteiger partial charge on any atom is 0.407 e. The van der Waals surface area contributed by atoms with Crippen LogP contribution in [0.4, 0.5) is 9.59 Å². The van der Waals surface area contributed by atoms with E-state index in [2.05, 4.69) is 57.5 Å². The van der Waals surface area contributed by atoms with E-state index in [0.717, 1.165) is 17.5 Å². The summed E-state index contributed by atoms with van der Waals surface area (Å²) in [7, 11) is -2.32. The van der Waals surface area contributed by atoms with Crippen LogP contribution in [0.5, 0.6) is 11.5 Å². The van der Waals surface area contributed by atoms with Gasteiger partial charge in [0.2, 0.25) is 0 Å². The van der Waals surface area contributed by atoms with E-state index in [1.807, 2.05) is 12.1 Å². The van der Waals surface area contributed by atoms with Crippen LogP contribution >= 0.6 is 0 Å². The summed E-state index contributed by atoms with van der Waals surface area (Å²) >= 11 is 0. The van der Waals surface area contributed by atoms with E-state index in [-0.39, 0.29) is 42.8 Å². The number of amides is 2. The summed E-state index contributed by atoms with van der Waals surface area (Å²) in [6.07, 6.45) is 2.22. The first-order valence-electron chi connectivity index (χ1n) is 19.0. The Labute approximate surface area is 315 Å². The summed E-state index contributed by atoms with van der Waals surface area (Å²) in [4.78, 5) is 51.7. The van der Waals surface area contributed by atoms with Gasteiger partial charge in [0.05, 0.1) is 18.3 Å². The molecular formula is C40H60N2O10Si. The zero-order valence-electron chi connectivity index (χ0n) is 33.7. The minimum absolute atomic E-state index is 0.0328. The molecule has 5 rings (SSSR count). The highest BCUT2D eigenvalue weighted by Crippen LogP contribution is 2.70. The molecule has 0 radical (unpaired) electrons. The Balaban J connectivity index is 1.49. The molecule has 1 fully saturated rings. The van der Waals surface area contributed by atoms with Crippen molar-refractivity contribution in [2.24, 2.45) is 11.8 Å². The second kappa shape index (κ2) is 14.2. The fourth-order valence-corrected chi connectivity index (χ4v) is 9.10. The molecule has 13 heteroatoms. The summed E-state index contributed by atoms with van der Waals surface area (Å²) in [5.74, 6) is 0.841. The Morgan fingerprint density at radius 1 is 0.887 bits per heavy atom. The number of nitrogens with one attached hydrogen (secondary N) is 2. The van der Waals surface area contributed by atoms with E-state index in [9.17, 15) is 19.2 Å². The molecular weight excluding hydrogens is 697 g/mol. The van der Waals surface area contributed by atoms with Crippen LogP contribution in [-0.2, 0) is 40.4 Å². The van der Waals surface area contributed by atoms with Crippen LogP contribution in [0.25, 0.3) is 0 Å². The Morgan fingerprint density at radius 3 is 2.04 bits per heavy atom. The van der Waals surface area contributed by atoms with Crippen molar-refractivity contribution in [1.29, 1.82) is 0 Å². The number of hydrogen-bond donors (Lipinski definition) is 2. The molecule has 4 aliphatic rings. The first kappa shape index (κ1) is 40.4. The summed E-state index contributed by atoms with van der Waals surface area (Å²) in [6.45, 7) is 23.9. The topological polar surface area (TPSA) is 148 Å². The molecule has 1 spiro atoms. The van der Waals surface area contributed by atoms with Gasteiger partial charge in [0, 0.05) is 31.0 Å². The lowest BCUT2D eigenvalue weighted by molar-refractivity contribution is -0.208. The molecule has 1 aromatic rings. The highest BCUT2D eigenvalue weighted by molar-refractivity contribution is 6.74. The lowest BCUT2D eigenvalue weighted by atomic mass is 9.44. The number of alkyl carbamates (subject to hydrolysis) is 2. The van der Waals surface area contributed by atoms with Crippen LogP contribution in [-0.4, -0.2) is 68.4 Å². The molecule has 53 heavy (non-hydrogen) atoms. The molecule has 0 aromatic heterocycles. The van der Waals surface area contributed by atoms with E-state index in [4.69, 9.17) is 28.1 Å². The van der Waals surface area contributed by atoms with Crippen LogP contribution in [0, 0.1) is 11.8 Å². The molecule has 0 saturated heterocycles. The maximum atomic E-state index is 13.9. The van der Waals surface area contributed by atoms with Gasteiger partial charge >= 0.3 is 24.1 Å². The quantitative estimate of drug-likeness (QED) is 0.139. The van der Waals surface area contributed by atoms with E-state index < -0.39 is 60.8 Å². The molecule has 12 nitrogen and oxygen atoms in total. The molecule has 1 saturated carbocycles. The molecule has 2 bridgehead atoms. The largest absolute Gasteiger partial charge is 0.541 e. The molecule has 1 aliphatic heterocycles. The van der Waals surface area contributed by atoms with Crippen LogP contribution in [0.3, 0.4) is 0 Å². The zero-order valence-corrected chi connectivity index (χ0v) is 34.7. The van der Waals surface area contributed by atoms with Crippen LogP contribution in [0.2, 0.25) is 18.1 Å². The number of hydrogen-bond acceptors (Lipinski definition) is 10. The van der Waals surface area contributed by atoms with Gasteiger partial charge in [-0.05, 0) is 103 Å². The Bertz CT molecular complexity index is 1650. The highest BCUT2D eigenvalue weighted by Gasteiger charge is 2.74. The van der Waals surface area contributed by atoms with Crippen LogP contribution in [0.1, 0.15) is 112 Å². The first-order valence-corrected chi connectivity index (χ1v) is 21.9. The van der Waals surface area contributed by atoms with Gasteiger partial charge < -0.3 is 38.7 Å². The number of carbonyl (C=O) groups excluding carboxylic acids is 4. The van der Waals surface area contributed by atoms with E-state index >= 15 is 0 Å². The van der Waals surface area contributed by atoms with Crippen molar-refractivity contribution in [3.05, 3.63) is 35.1 Å². The highest BCUT2D eigenvalue weighted by atomic mass is 28.4. The standard InChI is InChI=1S/C40H60N2O10Si/c1-24-15-19-39-31-25-13-14-27(52-53(11,12)38(8,9)10)32(31)48-33(39)28(47-29(43)17-21-41-34(45)50-36(2,3)4)16-20-40(39,26(24)23-25)49-30(44)18-22-42-35(46)51-37(5,6)7/h13-14,16,24,26,33H,15,17-23H2,1-12H3,(H,41,45)(H,42,46)/t24?,26-,33-,39-,40+/m0/s1. The van der Waals surface area contributed by atoms with E-state index in [1.54, 1.807) is 41.5 Å². The lowest BCUT2D eigenvalue weighted by Gasteiger charge is -2.62. The summed E-state index contributed by atoms with van der Waals surface area (Å²) in [6, 6.07) is 4.13. The van der Waals surface area contributed by atoms with Crippen molar-refractivity contribution < 1.29 is 47.3 Å². The van der Waals surface area contributed by atoms with Crippen molar-refractivity contribution in [2.45, 2.75) is 154 Å². The Hall–Kier alpha value is -3.74. The van der Waals surface area contributed by atoms with E-state index in [0.29, 0.717) is 36.5 Å².